The third-order valence-corrected chi connectivity index (χ3v) is 5.74. The van der Waals surface area contributed by atoms with Crippen LogP contribution in [0.4, 0.5) is 39.5 Å². The van der Waals surface area contributed by atoms with Crippen LogP contribution in [0.2, 0.25) is 0 Å². The topological polar surface area (TPSA) is 40.5 Å². The Hall–Kier alpha value is -2.76. The van der Waals surface area contributed by atoms with Gasteiger partial charge in [0.2, 0.25) is 0 Å². The van der Waals surface area contributed by atoms with Crippen molar-refractivity contribution in [2.45, 2.75) is 44.0 Å². The normalized spacial score (nSPS) is 20.4. The summed E-state index contributed by atoms with van der Waals surface area (Å²) in [6.45, 7) is -0.628. The van der Waals surface area contributed by atoms with Crippen LogP contribution in [0, 0.1) is 5.92 Å². The minimum Gasteiger partial charge on any atom is -0.481 e. The van der Waals surface area contributed by atoms with Gasteiger partial charge in [0.1, 0.15) is 0 Å². The molecule has 1 fully saturated rings. The monoisotopic (exact) mass is 499 g/mol. The van der Waals surface area contributed by atoms with Gasteiger partial charge in [0.05, 0.1) is 22.6 Å². The van der Waals surface area contributed by atoms with E-state index in [9.17, 15) is 49.4 Å². The Morgan fingerprint density at radius 2 is 1.41 bits per heavy atom. The summed E-state index contributed by atoms with van der Waals surface area (Å²) in [5.74, 6) is -2.49. The summed E-state index contributed by atoms with van der Waals surface area (Å²) in [5.41, 5.74) is -4.19. The smallest absolute Gasteiger partial charge is 0.416 e. The highest BCUT2D eigenvalue weighted by atomic mass is 19.4. The summed E-state index contributed by atoms with van der Waals surface area (Å²) in [7, 11) is 0. The largest absolute Gasteiger partial charge is 0.481 e. The lowest BCUT2D eigenvalue weighted by Crippen LogP contribution is -2.41. The number of rotatable bonds is 4. The molecule has 2 unspecified atom stereocenters. The zero-order valence-corrected chi connectivity index (χ0v) is 17.2. The maximum absolute atomic E-state index is 13.5. The molecule has 0 spiro atoms. The van der Waals surface area contributed by atoms with Gasteiger partial charge >= 0.3 is 24.5 Å². The molecule has 0 bridgehead atoms. The van der Waals surface area contributed by atoms with E-state index in [0.717, 1.165) is 24.3 Å². The van der Waals surface area contributed by atoms with E-state index in [1.165, 1.54) is 4.90 Å². The Morgan fingerprint density at radius 1 is 0.853 bits per heavy atom. The summed E-state index contributed by atoms with van der Waals surface area (Å²) >= 11 is 0. The lowest BCUT2D eigenvalue weighted by Gasteiger charge is -2.40. The fourth-order valence-electron chi connectivity index (χ4n) is 4.21. The van der Waals surface area contributed by atoms with Crippen molar-refractivity contribution in [1.29, 1.82) is 0 Å². The summed E-state index contributed by atoms with van der Waals surface area (Å²) in [5, 5.41) is 9.64. The van der Waals surface area contributed by atoms with Crippen LogP contribution in [0.5, 0.6) is 0 Å². The number of benzene rings is 2. The molecule has 3 nitrogen and oxygen atoms in total. The number of carboxylic acids is 1. The number of likely N-dealkylation sites (tertiary alicyclic amines) is 1. The molecule has 0 radical (unpaired) electrons. The first-order valence-electron chi connectivity index (χ1n) is 10.0. The predicted octanol–water partition coefficient (Wildman–Crippen LogP) is 6.78. The third kappa shape index (κ3) is 5.65. The summed E-state index contributed by atoms with van der Waals surface area (Å²) in [4.78, 5) is 13.1. The van der Waals surface area contributed by atoms with Crippen molar-refractivity contribution in [2.75, 3.05) is 6.54 Å². The number of alkyl halides is 9. The van der Waals surface area contributed by atoms with E-state index >= 15 is 0 Å². The average molecular weight is 499 g/mol. The fourth-order valence-corrected chi connectivity index (χ4v) is 4.21. The highest BCUT2D eigenvalue weighted by Crippen LogP contribution is 2.41. The Morgan fingerprint density at radius 3 is 1.91 bits per heavy atom. The Balaban J connectivity index is 2.06. The third-order valence-electron chi connectivity index (χ3n) is 5.74. The van der Waals surface area contributed by atoms with Crippen LogP contribution < -0.4 is 0 Å². The predicted molar refractivity (Wildman–Crippen MR) is 101 cm³/mol. The van der Waals surface area contributed by atoms with Gasteiger partial charge in [-0.15, -0.1) is 0 Å². The molecule has 0 saturated carbocycles. The van der Waals surface area contributed by atoms with Gasteiger partial charge in [-0.2, -0.15) is 39.5 Å². The zero-order chi connectivity index (χ0) is 25.5. The maximum atomic E-state index is 13.5. The first kappa shape index (κ1) is 25.9. The van der Waals surface area contributed by atoms with Crippen molar-refractivity contribution >= 4 is 5.97 Å². The Labute approximate surface area is 187 Å². The lowest BCUT2D eigenvalue weighted by molar-refractivity contribution is -0.147. The number of nitrogens with zero attached hydrogens (tertiary/aromatic N) is 1. The molecule has 186 valence electrons. The van der Waals surface area contributed by atoms with Crippen molar-refractivity contribution in [1.82, 2.24) is 4.90 Å². The number of halogens is 9. The highest BCUT2D eigenvalue weighted by molar-refractivity contribution is 5.71. The Kier molecular flexibility index (Phi) is 6.94. The first-order chi connectivity index (χ1) is 15.6. The molecule has 1 saturated heterocycles. The van der Waals surface area contributed by atoms with Crippen LogP contribution >= 0.6 is 0 Å². The van der Waals surface area contributed by atoms with Crippen LogP contribution in [-0.4, -0.2) is 22.5 Å². The van der Waals surface area contributed by atoms with Gasteiger partial charge in [-0.3, -0.25) is 9.69 Å². The van der Waals surface area contributed by atoms with E-state index < -0.39 is 65.3 Å². The van der Waals surface area contributed by atoms with E-state index in [4.69, 9.17) is 0 Å². The molecule has 2 aromatic rings. The van der Waals surface area contributed by atoms with E-state index in [1.54, 1.807) is 0 Å². The second-order valence-electron chi connectivity index (χ2n) is 7.99. The second-order valence-corrected chi connectivity index (χ2v) is 7.99. The molecule has 12 heteroatoms. The van der Waals surface area contributed by atoms with Crippen molar-refractivity contribution in [3.8, 4) is 0 Å². The molecule has 1 aliphatic heterocycles. The molecule has 1 N–H and O–H groups in total. The van der Waals surface area contributed by atoms with Crippen molar-refractivity contribution in [3.63, 3.8) is 0 Å². The zero-order valence-electron chi connectivity index (χ0n) is 17.2. The number of piperidine rings is 1. The van der Waals surface area contributed by atoms with Gasteiger partial charge in [0, 0.05) is 12.6 Å². The van der Waals surface area contributed by atoms with E-state index in [1.807, 2.05) is 0 Å². The molecular weight excluding hydrogens is 481 g/mol. The molecule has 3 rings (SSSR count). The van der Waals surface area contributed by atoms with Crippen LogP contribution in [0.15, 0.2) is 42.5 Å². The first-order valence-corrected chi connectivity index (χ1v) is 10.0. The molecule has 0 aromatic heterocycles. The van der Waals surface area contributed by atoms with Gasteiger partial charge in [-0.05, 0) is 60.8 Å². The number of aliphatic carboxylic acids is 1. The van der Waals surface area contributed by atoms with Crippen LogP contribution in [0.3, 0.4) is 0 Å². The number of hydrogen-bond donors (Lipinski definition) is 1. The fraction of sp³-hybridized carbons (Fsp3) is 0.409. The molecule has 1 heterocycles. The summed E-state index contributed by atoms with van der Waals surface area (Å²) in [6.07, 6.45) is -14.2. The lowest BCUT2D eigenvalue weighted by atomic mass is 9.84. The van der Waals surface area contributed by atoms with Gasteiger partial charge < -0.3 is 5.11 Å². The Bertz CT molecular complexity index is 1030. The number of hydrogen-bond acceptors (Lipinski definition) is 2. The van der Waals surface area contributed by atoms with E-state index in [0.29, 0.717) is 18.2 Å². The minimum atomic E-state index is -4.97. The number of carboxylic acid groups (broad SMARTS) is 1. The molecule has 1 aliphatic rings. The molecular formula is C22H18F9NO2. The second kappa shape index (κ2) is 9.12. The molecule has 0 amide bonds. The van der Waals surface area contributed by atoms with Crippen LogP contribution in [0.25, 0.3) is 0 Å². The van der Waals surface area contributed by atoms with Crippen molar-refractivity contribution < 1.29 is 49.4 Å². The maximum Gasteiger partial charge on any atom is 0.416 e. The summed E-state index contributed by atoms with van der Waals surface area (Å²) < 4.78 is 119. The van der Waals surface area contributed by atoms with E-state index in [2.05, 4.69) is 0 Å². The molecule has 2 atom stereocenters. The van der Waals surface area contributed by atoms with Crippen molar-refractivity contribution in [3.05, 3.63) is 70.3 Å². The SMILES string of the molecule is O=C(O)C1CCCN(Cc2cc(C(F)(F)F)ccc2C(F)(F)F)C1c1ccc(C(F)(F)F)cc1. The molecule has 34 heavy (non-hydrogen) atoms. The standard InChI is InChI=1S/C22H18F9NO2/c23-20(24,25)14-5-3-12(4-6-14)18-16(19(33)34)2-1-9-32(18)11-13-10-15(21(26,27)28)7-8-17(13)22(29,30)31/h3-8,10,16,18H,1-2,9,11H2,(H,33,34). The summed E-state index contributed by atoms with van der Waals surface area (Å²) in [6, 6.07) is 3.41. The van der Waals surface area contributed by atoms with Gasteiger partial charge in [-0.25, -0.2) is 0 Å². The minimum absolute atomic E-state index is 0.0447. The molecule has 0 aliphatic carbocycles. The van der Waals surface area contributed by atoms with Gasteiger partial charge in [0.25, 0.3) is 0 Å². The van der Waals surface area contributed by atoms with Crippen LogP contribution in [-0.2, 0) is 29.9 Å². The van der Waals surface area contributed by atoms with Crippen LogP contribution in [0.1, 0.15) is 46.7 Å². The van der Waals surface area contributed by atoms with Gasteiger partial charge in [0.15, 0.2) is 0 Å². The van der Waals surface area contributed by atoms with Crippen molar-refractivity contribution in [2.24, 2.45) is 5.92 Å². The highest BCUT2D eigenvalue weighted by Gasteiger charge is 2.41. The van der Waals surface area contributed by atoms with E-state index in [-0.39, 0.29) is 24.9 Å². The molecule has 2 aromatic carbocycles. The quantitative estimate of drug-likeness (QED) is 0.472. The van der Waals surface area contributed by atoms with Gasteiger partial charge in [-0.1, -0.05) is 12.1 Å². The number of carbonyl (C=O) groups is 1. The average Bonchev–Trinajstić information content (AvgIpc) is 2.71.